The molecule has 1 aromatic carbocycles. The molecule has 10 nitrogen and oxygen atoms in total. The molecule has 0 fully saturated rings. The topological polar surface area (TPSA) is 128 Å². The first kappa shape index (κ1) is 31.0. The van der Waals surface area contributed by atoms with Gasteiger partial charge in [0.1, 0.15) is 12.5 Å². The third-order valence-electron chi connectivity index (χ3n) is 6.16. The fourth-order valence-electron chi connectivity index (χ4n) is 4.05. The first-order valence-electron chi connectivity index (χ1n) is 12.9. The number of ether oxygens (including phenoxy) is 1. The minimum Gasteiger partial charge on any atom is -0.383 e. The molecule has 0 saturated carbocycles. The zero-order valence-electron chi connectivity index (χ0n) is 23.1. The van der Waals surface area contributed by atoms with Crippen molar-refractivity contribution in [2.45, 2.75) is 52.4 Å². The molecule has 4 aromatic rings. The van der Waals surface area contributed by atoms with Gasteiger partial charge in [-0.3, -0.25) is 14.6 Å². The van der Waals surface area contributed by atoms with Crippen LogP contribution in [0.1, 0.15) is 17.0 Å². The number of aryl methyl sites for hydroxylation is 1. The van der Waals surface area contributed by atoms with Crippen LogP contribution in [0.4, 0.5) is 11.5 Å². The molecule has 0 bridgehead atoms. The number of anilines is 2. The van der Waals surface area contributed by atoms with Crippen LogP contribution in [-0.4, -0.2) is 51.1 Å². The van der Waals surface area contributed by atoms with Crippen molar-refractivity contribution in [2.75, 3.05) is 17.7 Å². The summed E-state index contributed by atoms with van der Waals surface area (Å²) in [4.78, 5) is 36.9. The molecular weight excluding hydrogens is 574 g/mol. The predicted molar refractivity (Wildman–Crippen MR) is 154 cm³/mol. The number of hydrogen-bond donors (Lipinski definition) is 2. The number of benzene rings is 1. The number of rotatable bonds is 10. The molecule has 0 atom stereocenters. The molecule has 3 aromatic heterocycles. The maximum Gasteiger partial charge on any atom is 0.314 e. The van der Waals surface area contributed by atoms with Crippen molar-refractivity contribution in [3.05, 3.63) is 77.9 Å². The molecule has 12 heteroatoms. The smallest absolute Gasteiger partial charge is 0.314 e. The van der Waals surface area contributed by atoms with Gasteiger partial charge < -0.3 is 20.7 Å². The van der Waals surface area contributed by atoms with E-state index in [1.165, 1.54) is 11.1 Å². The summed E-state index contributed by atoms with van der Waals surface area (Å²) in [6, 6.07) is 16.1. The van der Waals surface area contributed by atoms with Crippen molar-refractivity contribution in [2.24, 2.45) is 0 Å². The first-order valence-corrected chi connectivity index (χ1v) is 16.6. The standard InChI is InChI=1S/C28H35N7O3Si.Cu/c1-20-9-8-12-22(32-20)18-34(17-21-10-6-5-7-11-21)28(37)27(36)33-24-16-30-26(29)23-15-31-35(25(23)24)19-38-13-14-39(2,3)4;/h5-12,15-16H,13-14,17-19H2,1-4H3,(H2,29,30)(H,33,36);. The van der Waals surface area contributed by atoms with Crippen LogP contribution in [0.15, 0.2) is 60.9 Å². The average Bonchev–Trinajstić information content (AvgIpc) is 3.33. The van der Waals surface area contributed by atoms with Gasteiger partial charge in [0.2, 0.25) is 0 Å². The molecule has 0 saturated heterocycles. The third kappa shape index (κ3) is 8.22. The number of nitrogen functional groups attached to an aromatic ring is 1. The molecule has 3 heterocycles. The molecular formula is C28H35CuN7O3Si. The van der Waals surface area contributed by atoms with Gasteiger partial charge in [0.25, 0.3) is 0 Å². The summed E-state index contributed by atoms with van der Waals surface area (Å²) in [5.41, 5.74) is 9.38. The van der Waals surface area contributed by atoms with E-state index in [1.54, 1.807) is 10.9 Å². The number of nitrogens with zero attached hydrogens (tertiary/aromatic N) is 5. The predicted octanol–water partition coefficient (Wildman–Crippen LogP) is 4.19. The second-order valence-electron chi connectivity index (χ2n) is 10.7. The Morgan fingerprint density at radius 1 is 1.05 bits per heavy atom. The van der Waals surface area contributed by atoms with Gasteiger partial charge in [-0.1, -0.05) is 56.0 Å². The van der Waals surface area contributed by atoms with Crippen LogP contribution in [-0.2, 0) is 51.2 Å². The number of aromatic nitrogens is 4. The van der Waals surface area contributed by atoms with E-state index in [4.69, 9.17) is 10.5 Å². The Hall–Kier alpha value is -3.57. The Kier molecular flexibility index (Phi) is 10.6. The number of nitrogens with two attached hydrogens (primary N) is 1. The van der Waals surface area contributed by atoms with Crippen LogP contribution in [0.2, 0.25) is 25.7 Å². The van der Waals surface area contributed by atoms with Crippen molar-refractivity contribution in [1.82, 2.24) is 24.6 Å². The molecule has 0 aliphatic carbocycles. The Labute approximate surface area is 245 Å². The number of carbonyl (C=O) groups is 2. The molecule has 2 amide bonds. The number of pyridine rings is 2. The first-order chi connectivity index (χ1) is 18.6. The SMILES string of the molecule is Cc1cccc(CN(Cc2ccccc2)C(=O)C(=O)Nc2cnc(N)c3cnn(COCC[Si](C)(C)C)c23)n1.[Cu]. The van der Waals surface area contributed by atoms with E-state index in [9.17, 15) is 9.59 Å². The summed E-state index contributed by atoms with van der Waals surface area (Å²) in [6.07, 6.45) is 3.02. The van der Waals surface area contributed by atoms with E-state index < -0.39 is 19.9 Å². The van der Waals surface area contributed by atoms with Gasteiger partial charge in [-0.2, -0.15) is 5.10 Å². The molecule has 1 radical (unpaired) electrons. The normalized spacial score (nSPS) is 11.2. The van der Waals surface area contributed by atoms with Crippen LogP contribution in [0.3, 0.4) is 0 Å². The minimum absolute atomic E-state index is 0. The Morgan fingerprint density at radius 2 is 1.80 bits per heavy atom. The average molecular weight is 609 g/mol. The molecule has 40 heavy (non-hydrogen) atoms. The number of hydrogen-bond acceptors (Lipinski definition) is 7. The Bertz CT molecular complexity index is 1460. The summed E-state index contributed by atoms with van der Waals surface area (Å²) in [6.45, 7) is 9.97. The second kappa shape index (κ2) is 13.7. The molecule has 0 unspecified atom stereocenters. The van der Waals surface area contributed by atoms with Crippen LogP contribution in [0, 0.1) is 6.92 Å². The molecule has 0 spiro atoms. The van der Waals surface area contributed by atoms with E-state index in [-0.39, 0.29) is 42.7 Å². The van der Waals surface area contributed by atoms with Crippen molar-refractivity contribution in [3.8, 4) is 0 Å². The monoisotopic (exact) mass is 608 g/mol. The number of nitrogens with one attached hydrogen (secondary N) is 1. The molecule has 215 valence electrons. The zero-order valence-corrected chi connectivity index (χ0v) is 25.1. The fourth-order valence-corrected chi connectivity index (χ4v) is 4.80. The fraction of sp³-hybridized carbons (Fsp3) is 0.321. The number of amides is 2. The molecule has 4 rings (SSSR count). The summed E-state index contributed by atoms with van der Waals surface area (Å²) in [5, 5.41) is 7.69. The number of fused-ring (bicyclic) bond motifs is 1. The van der Waals surface area contributed by atoms with Crippen LogP contribution in [0.5, 0.6) is 0 Å². The van der Waals surface area contributed by atoms with Crippen molar-refractivity contribution >= 4 is 42.3 Å². The third-order valence-corrected chi connectivity index (χ3v) is 7.86. The second-order valence-corrected chi connectivity index (χ2v) is 16.3. The quantitative estimate of drug-likeness (QED) is 0.157. The van der Waals surface area contributed by atoms with Crippen LogP contribution < -0.4 is 11.1 Å². The van der Waals surface area contributed by atoms with E-state index in [1.807, 2.05) is 55.5 Å². The van der Waals surface area contributed by atoms with Crippen molar-refractivity contribution in [3.63, 3.8) is 0 Å². The van der Waals surface area contributed by atoms with E-state index in [0.717, 1.165) is 17.3 Å². The maximum atomic E-state index is 13.5. The summed E-state index contributed by atoms with van der Waals surface area (Å²) >= 11 is 0. The Balaban J connectivity index is 0.00000441. The van der Waals surface area contributed by atoms with Gasteiger partial charge in [-0.05, 0) is 30.7 Å². The van der Waals surface area contributed by atoms with Gasteiger partial charge in [0.15, 0.2) is 0 Å². The molecule has 0 aliphatic heterocycles. The summed E-state index contributed by atoms with van der Waals surface area (Å²) < 4.78 is 7.49. The van der Waals surface area contributed by atoms with E-state index >= 15 is 0 Å². The largest absolute Gasteiger partial charge is 0.383 e. The van der Waals surface area contributed by atoms with Crippen molar-refractivity contribution in [1.29, 1.82) is 0 Å². The Morgan fingerprint density at radius 3 is 2.50 bits per heavy atom. The minimum atomic E-state index is -1.25. The summed E-state index contributed by atoms with van der Waals surface area (Å²) in [5.74, 6) is -1.21. The van der Waals surface area contributed by atoms with E-state index in [0.29, 0.717) is 28.9 Å². The van der Waals surface area contributed by atoms with Gasteiger partial charge in [0, 0.05) is 44.0 Å². The summed E-state index contributed by atoms with van der Waals surface area (Å²) in [7, 11) is -1.25. The number of carbonyl (C=O) groups excluding carboxylic acids is 2. The van der Waals surface area contributed by atoms with Gasteiger partial charge in [-0.15, -0.1) is 0 Å². The molecule has 3 N–H and O–H groups in total. The van der Waals surface area contributed by atoms with E-state index in [2.05, 4.69) is 40.0 Å². The zero-order chi connectivity index (χ0) is 28.0. The van der Waals surface area contributed by atoms with Gasteiger partial charge in [-0.25, -0.2) is 9.67 Å². The maximum absolute atomic E-state index is 13.5. The van der Waals surface area contributed by atoms with Gasteiger partial charge in [0.05, 0.1) is 41.2 Å². The van der Waals surface area contributed by atoms with Gasteiger partial charge >= 0.3 is 11.8 Å². The van der Waals surface area contributed by atoms with Crippen LogP contribution in [0.25, 0.3) is 10.9 Å². The molecule has 0 aliphatic rings. The van der Waals surface area contributed by atoms with Crippen molar-refractivity contribution < 1.29 is 31.4 Å². The van der Waals surface area contributed by atoms with Crippen LogP contribution >= 0.6 is 0 Å².